The van der Waals surface area contributed by atoms with Crippen molar-refractivity contribution in [2.24, 2.45) is 0 Å². The number of aryl methyl sites for hydroxylation is 2. The van der Waals surface area contributed by atoms with Gasteiger partial charge in [-0.25, -0.2) is 4.39 Å². The van der Waals surface area contributed by atoms with E-state index in [0.29, 0.717) is 6.42 Å². The molecule has 2 N–H and O–H groups in total. The molecule has 0 spiro atoms. The minimum atomic E-state index is -0.829. The van der Waals surface area contributed by atoms with Crippen LogP contribution >= 0.6 is 0 Å². The van der Waals surface area contributed by atoms with E-state index in [1.807, 2.05) is 6.92 Å². The van der Waals surface area contributed by atoms with Crippen LogP contribution in [0.1, 0.15) is 17.7 Å². The Morgan fingerprint density at radius 1 is 1.50 bits per heavy atom. The van der Waals surface area contributed by atoms with Crippen LogP contribution in [-0.2, 0) is 11.2 Å². The number of fused-ring (bicyclic) bond motifs is 1. The van der Waals surface area contributed by atoms with Crippen LogP contribution in [0.5, 0.6) is 0 Å². The molecule has 0 bridgehead atoms. The molecule has 0 atom stereocenters. The zero-order valence-corrected chi connectivity index (χ0v) is 8.88. The summed E-state index contributed by atoms with van der Waals surface area (Å²) >= 11 is 0. The summed E-state index contributed by atoms with van der Waals surface area (Å²) in [6.07, 6.45) is 0.521. The molecule has 0 unspecified atom stereocenters. The summed E-state index contributed by atoms with van der Waals surface area (Å²) < 4.78 is 13.0. The number of benzene rings is 1. The molecule has 4 heteroatoms. The molecule has 1 aromatic carbocycles. The molecule has 2 aromatic rings. The summed E-state index contributed by atoms with van der Waals surface area (Å²) in [6.45, 7) is 1.87. The number of rotatable bonds is 3. The Morgan fingerprint density at radius 2 is 2.25 bits per heavy atom. The minimum absolute atomic E-state index is 0.0795. The third-order valence-electron chi connectivity index (χ3n) is 2.71. The van der Waals surface area contributed by atoms with Gasteiger partial charge in [-0.2, -0.15) is 0 Å². The molecule has 2 rings (SSSR count). The average Bonchev–Trinajstić information content (AvgIpc) is 2.53. The highest BCUT2D eigenvalue weighted by Gasteiger charge is 2.09. The Bertz CT molecular complexity index is 545. The summed E-state index contributed by atoms with van der Waals surface area (Å²) in [4.78, 5) is 13.6. The van der Waals surface area contributed by atoms with Gasteiger partial charge < -0.3 is 10.1 Å². The molecule has 0 saturated carbocycles. The highest BCUT2D eigenvalue weighted by atomic mass is 19.1. The SMILES string of the molecule is Cc1c(CCC(=O)O)[nH]c2ccc(F)cc12. The molecular formula is C12H12FNO2. The number of carboxylic acids is 1. The Kier molecular flexibility index (Phi) is 2.64. The topological polar surface area (TPSA) is 53.1 Å². The van der Waals surface area contributed by atoms with Crippen LogP contribution in [0.15, 0.2) is 18.2 Å². The first-order chi connectivity index (χ1) is 7.58. The summed E-state index contributed by atoms with van der Waals surface area (Å²) in [6, 6.07) is 4.52. The second-order valence-electron chi connectivity index (χ2n) is 3.81. The lowest BCUT2D eigenvalue weighted by Gasteiger charge is -1.96. The van der Waals surface area contributed by atoms with E-state index in [-0.39, 0.29) is 12.2 Å². The van der Waals surface area contributed by atoms with Gasteiger partial charge in [0.05, 0.1) is 6.42 Å². The molecule has 0 saturated heterocycles. The molecule has 0 amide bonds. The van der Waals surface area contributed by atoms with Crippen molar-refractivity contribution in [1.29, 1.82) is 0 Å². The van der Waals surface area contributed by atoms with E-state index in [4.69, 9.17) is 5.11 Å². The molecule has 84 valence electrons. The number of carboxylic acid groups (broad SMARTS) is 1. The molecule has 0 aliphatic rings. The third kappa shape index (κ3) is 1.91. The van der Waals surface area contributed by atoms with Crippen LogP contribution in [0.3, 0.4) is 0 Å². The second kappa shape index (κ2) is 3.96. The lowest BCUT2D eigenvalue weighted by Crippen LogP contribution is -1.98. The van der Waals surface area contributed by atoms with Crippen LogP contribution in [0.4, 0.5) is 4.39 Å². The number of hydrogen-bond donors (Lipinski definition) is 2. The fourth-order valence-corrected chi connectivity index (χ4v) is 1.84. The lowest BCUT2D eigenvalue weighted by atomic mass is 10.1. The van der Waals surface area contributed by atoms with Crippen LogP contribution in [0.2, 0.25) is 0 Å². The summed E-state index contributed by atoms with van der Waals surface area (Å²) in [7, 11) is 0. The van der Waals surface area contributed by atoms with Gasteiger partial charge in [-0.1, -0.05) is 0 Å². The van der Waals surface area contributed by atoms with Crippen molar-refractivity contribution >= 4 is 16.9 Å². The number of aromatic nitrogens is 1. The second-order valence-corrected chi connectivity index (χ2v) is 3.81. The van der Waals surface area contributed by atoms with Crippen molar-refractivity contribution in [2.45, 2.75) is 19.8 Å². The Morgan fingerprint density at radius 3 is 2.94 bits per heavy atom. The summed E-state index contributed by atoms with van der Waals surface area (Å²) in [5, 5.41) is 9.43. The van der Waals surface area contributed by atoms with Gasteiger partial charge in [0, 0.05) is 16.6 Å². The van der Waals surface area contributed by atoms with Crippen molar-refractivity contribution in [3.8, 4) is 0 Å². The quantitative estimate of drug-likeness (QED) is 0.837. The fraction of sp³-hybridized carbons (Fsp3) is 0.250. The van der Waals surface area contributed by atoms with Gasteiger partial charge in [0.15, 0.2) is 0 Å². The largest absolute Gasteiger partial charge is 0.481 e. The van der Waals surface area contributed by atoms with Gasteiger partial charge >= 0.3 is 5.97 Å². The van der Waals surface area contributed by atoms with Crippen molar-refractivity contribution in [3.63, 3.8) is 0 Å². The van der Waals surface area contributed by atoms with Gasteiger partial charge in [0.2, 0.25) is 0 Å². The molecule has 0 radical (unpaired) electrons. The fourth-order valence-electron chi connectivity index (χ4n) is 1.84. The first-order valence-corrected chi connectivity index (χ1v) is 5.06. The van der Waals surface area contributed by atoms with Gasteiger partial charge in [-0.3, -0.25) is 4.79 Å². The zero-order chi connectivity index (χ0) is 11.7. The lowest BCUT2D eigenvalue weighted by molar-refractivity contribution is -0.136. The maximum absolute atomic E-state index is 13.0. The molecule has 16 heavy (non-hydrogen) atoms. The molecule has 3 nitrogen and oxygen atoms in total. The van der Waals surface area contributed by atoms with E-state index in [2.05, 4.69) is 4.98 Å². The Balaban J connectivity index is 2.40. The molecule has 1 aromatic heterocycles. The van der Waals surface area contributed by atoms with Gasteiger partial charge in [0.25, 0.3) is 0 Å². The maximum atomic E-state index is 13.0. The number of carbonyl (C=O) groups is 1. The number of H-pyrrole nitrogens is 1. The summed E-state index contributed by atoms with van der Waals surface area (Å²) in [5.41, 5.74) is 2.64. The monoisotopic (exact) mass is 221 g/mol. The van der Waals surface area contributed by atoms with Gasteiger partial charge in [0.1, 0.15) is 5.82 Å². The predicted molar refractivity (Wildman–Crippen MR) is 59.0 cm³/mol. The van der Waals surface area contributed by atoms with Crippen LogP contribution in [-0.4, -0.2) is 16.1 Å². The molecule has 0 fully saturated rings. The van der Waals surface area contributed by atoms with Crippen LogP contribution < -0.4 is 0 Å². The van der Waals surface area contributed by atoms with Crippen molar-refractivity contribution in [1.82, 2.24) is 4.98 Å². The van der Waals surface area contributed by atoms with E-state index in [1.165, 1.54) is 12.1 Å². The van der Waals surface area contributed by atoms with E-state index < -0.39 is 5.97 Å². The first-order valence-electron chi connectivity index (χ1n) is 5.06. The number of nitrogens with one attached hydrogen (secondary N) is 1. The molecule has 1 heterocycles. The minimum Gasteiger partial charge on any atom is -0.481 e. The summed E-state index contributed by atoms with van der Waals surface area (Å²) in [5.74, 6) is -1.11. The third-order valence-corrected chi connectivity index (χ3v) is 2.71. The molecule has 0 aliphatic carbocycles. The normalized spacial score (nSPS) is 10.9. The zero-order valence-electron chi connectivity index (χ0n) is 8.88. The van der Waals surface area contributed by atoms with Crippen molar-refractivity contribution < 1.29 is 14.3 Å². The smallest absolute Gasteiger partial charge is 0.303 e. The van der Waals surface area contributed by atoms with Gasteiger partial charge in [-0.05, 0) is 37.1 Å². The molecule has 0 aliphatic heterocycles. The van der Waals surface area contributed by atoms with E-state index in [0.717, 1.165) is 22.2 Å². The standard InChI is InChI=1S/C12H12FNO2/c1-7-9-6-8(13)2-3-11(9)14-10(7)4-5-12(15)16/h2-3,6,14H,4-5H2,1H3,(H,15,16). The van der Waals surface area contributed by atoms with E-state index in [9.17, 15) is 9.18 Å². The number of hydrogen-bond acceptors (Lipinski definition) is 1. The van der Waals surface area contributed by atoms with Gasteiger partial charge in [-0.15, -0.1) is 0 Å². The van der Waals surface area contributed by atoms with Crippen molar-refractivity contribution in [3.05, 3.63) is 35.3 Å². The van der Waals surface area contributed by atoms with Crippen LogP contribution in [0.25, 0.3) is 10.9 Å². The van der Waals surface area contributed by atoms with E-state index >= 15 is 0 Å². The Labute approximate surface area is 91.9 Å². The Hall–Kier alpha value is -1.84. The number of aromatic amines is 1. The number of aliphatic carboxylic acids is 1. The highest BCUT2D eigenvalue weighted by molar-refractivity contribution is 5.84. The van der Waals surface area contributed by atoms with E-state index in [1.54, 1.807) is 6.07 Å². The highest BCUT2D eigenvalue weighted by Crippen LogP contribution is 2.23. The van der Waals surface area contributed by atoms with Crippen LogP contribution in [0, 0.1) is 12.7 Å². The predicted octanol–water partition coefficient (Wildman–Crippen LogP) is 2.63. The number of halogens is 1. The van der Waals surface area contributed by atoms with Crippen molar-refractivity contribution in [2.75, 3.05) is 0 Å². The molecular weight excluding hydrogens is 209 g/mol. The first kappa shape index (κ1) is 10.7. The maximum Gasteiger partial charge on any atom is 0.303 e. The average molecular weight is 221 g/mol.